The average molecular weight is 323 g/mol. The normalized spacial score (nSPS) is 26.7. The van der Waals surface area contributed by atoms with E-state index in [4.69, 9.17) is 9.47 Å². The molecule has 2 unspecified atom stereocenters. The summed E-state index contributed by atoms with van der Waals surface area (Å²) in [5.41, 5.74) is 2.39. The lowest BCUT2D eigenvalue weighted by molar-refractivity contribution is -0.202. The van der Waals surface area contributed by atoms with Crippen LogP contribution in [-0.2, 0) is 9.47 Å². The first kappa shape index (κ1) is 15.8. The Morgan fingerprint density at radius 1 is 0.833 bits per heavy atom. The number of rotatable bonds is 3. The average Bonchev–Trinajstić information content (AvgIpc) is 3.03. The molecule has 3 nitrogen and oxygen atoms in total. The SMILES string of the molecule is CCN1CCC2(CC1)OC(c1ccccc1)C(c1ccccc1)O2. The van der Waals surface area contributed by atoms with Crippen molar-refractivity contribution < 1.29 is 9.47 Å². The number of benzene rings is 2. The highest BCUT2D eigenvalue weighted by molar-refractivity contribution is 5.26. The maximum Gasteiger partial charge on any atom is 0.172 e. The zero-order valence-corrected chi connectivity index (χ0v) is 14.2. The third kappa shape index (κ3) is 3.00. The first-order valence-corrected chi connectivity index (χ1v) is 8.97. The standard InChI is InChI=1S/C21H25NO2/c1-2-22-15-13-21(14-16-22)23-19(17-9-5-3-6-10-17)20(24-21)18-11-7-4-8-12-18/h3-12,19-20H,2,13-16H2,1H3. The maximum absolute atomic E-state index is 6.59. The summed E-state index contributed by atoms with van der Waals surface area (Å²) in [5, 5.41) is 0. The van der Waals surface area contributed by atoms with Crippen LogP contribution in [0.4, 0.5) is 0 Å². The Hall–Kier alpha value is -1.68. The van der Waals surface area contributed by atoms with E-state index in [1.54, 1.807) is 0 Å². The van der Waals surface area contributed by atoms with Crippen molar-refractivity contribution >= 4 is 0 Å². The van der Waals surface area contributed by atoms with Crippen LogP contribution in [0.3, 0.4) is 0 Å². The zero-order valence-electron chi connectivity index (χ0n) is 14.2. The van der Waals surface area contributed by atoms with E-state index in [9.17, 15) is 0 Å². The molecule has 2 saturated heterocycles. The molecule has 0 aromatic heterocycles. The van der Waals surface area contributed by atoms with Gasteiger partial charge in [-0.15, -0.1) is 0 Å². The van der Waals surface area contributed by atoms with E-state index in [2.05, 4.69) is 60.4 Å². The lowest BCUT2D eigenvalue weighted by atomic mass is 9.99. The van der Waals surface area contributed by atoms with Gasteiger partial charge in [0.15, 0.2) is 5.79 Å². The summed E-state index contributed by atoms with van der Waals surface area (Å²) >= 11 is 0. The molecular weight excluding hydrogens is 298 g/mol. The minimum Gasteiger partial charge on any atom is -0.339 e. The molecule has 0 amide bonds. The molecule has 0 aliphatic carbocycles. The molecule has 2 heterocycles. The zero-order chi connectivity index (χ0) is 16.4. The molecule has 1 spiro atoms. The quantitative estimate of drug-likeness (QED) is 0.839. The highest BCUT2D eigenvalue weighted by Crippen LogP contribution is 2.50. The molecule has 2 aliphatic heterocycles. The Morgan fingerprint density at radius 2 is 1.29 bits per heavy atom. The third-order valence-corrected chi connectivity index (χ3v) is 5.28. The van der Waals surface area contributed by atoms with Crippen molar-refractivity contribution in [2.75, 3.05) is 19.6 Å². The van der Waals surface area contributed by atoms with Crippen LogP contribution in [0.5, 0.6) is 0 Å². The van der Waals surface area contributed by atoms with Gasteiger partial charge in [0.25, 0.3) is 0 Å². The summed E-state index contributed by atoms with van der Waals surface area (Å²) in [5.74, 6) is -0.438. The highest BCUT2D eigenvalue weighted by Gasteiger charge is 2.49. The fourth-order valence-corrected chi connectivity index (χ4v) is 3.83. The molecule has 126 valence electrons. The van der Waals surface area contributed by atoms with Crippen LogP contribution >= 0.6 is 0 Å². The van der Waals surface area contributed by atoms with Crippen molar-refractivity contribution in [3.05, 3.63) is 71.8 Å². The van der Waals surface area contributed by atoms with Crippen LogP contribution in [0, 0.1) is 0 Å². The van der Waals surface area contributed by atoms with Gasteiger partial charge in [0.05, 0.1) is 0 Å². The lowest BCUT2D eigenvalue weighted by Crippen LogP contribution is -2.45. The first-order valence-electron chi connectivity index (χ1n) is 8.97. The van der Waals surface area contributed by atoms with Crippen molar-refractivity contribution in [3.63, 3.8) is 0 Å². The Bertz CT molecular complexity index is 601. The Morgan fingerprint density at radius 3 is 1.71 bits per heavy atom. The number of likely N-dealkylation sites (tertiary alicyclic amines) is 1. The number of hydrogen-bond acceptors (Lipinski definition) is 3. The molecule has 2 fully saturated rings. The monoisotopic (exact) mass is 323 g/mol. The molecule has 24 heavy (non-hydrogen) atoms. The summed E-state index contributed by atoms with van der Waals surface area (Å²) in [7, 11) is 0. The van der Waals surface area contributed by atoms with Crippen LogP contribution in [0.1, 0.15) is 43.1 Å². The molecule has 2 aromatic rings. The molecule has 2 aromatic carbocycles. The number of nitrogens with zero attached hydrogens (tertiary/aromatic N) is 1. The van der Waals surface area contributed by atoms with Gasteiger partial charge in [0, 0.05) is 25.9 Å². The molecule has 2 aliphatic rings. The molecule has 0 N–H and O–H groups in total. The topological polar surface area (TPSA) is 21.7 Å². The molecular formula is C21H25NO2. The second-order valence-electron chi connectivity index (χ2n) is 6.74. The van der Waals surface area contributed by atoms with Gasteiger partial charge >= 0.3 is 0 Å². The van der Waals surface area contributed by atoms with E-state index in [0.717, 1.165) is 32.5 Å². The van der Waals surface area contributed by atoms with Crippen molar-refractivity contribution in [1.29, 1.82) is 0 Å². The van der Waals surface area contributed by atoms with Gasteiger partial charge in [-0.1, -0.05) is 67.6 Å². The van der Waals surface area contributed by atoms with Gasteiger partial charge in [-0.05, 0) is 17.7 Å². The lowest BCUT2D eigenvalue weighted by Gasteiger charge is -2.37. The highest BCUT2D eigenvalue weighted by atomic mass is 16.8. The molecule has 2 atom stereocenters. The molecule has 0 radical (unpaired) electrons. The van der Waals surface area contributed by atoms with E-state index in [1.807, 2.05) is 12.1 Å². The fourth-order valence-electron chi connectivity index (χ4n) is 3.83. The van der Waals surface area contributed by atoms with Crippen LogP contribution in [0.25, 0.3) is 0 Å². The predicted molar refractivity (Wildman–Crippen MR) is 94.6 cm³/mol. The van der Waals surface area contributed by atoms with E-state index in [0.29, 0.717) is 0 Å². The minimum atomic E-state index is -0.438. The summed E-state index contributed by atoms with van der Waals surface area (Å²) in [6, 6.07) is 21.0. The number of piperidine rings is 1. The Balaban J connectivity index is 1.63. The molecule has 0 bridgehead atoms. The van der Waals surface area contributed by atoms with Crippen LogP contribution in [0.15, 0.2) is 60.7 Å². The van der Waals surface area contributed by atoms with Gasteiger partial charge < -0.3 is 14.4 Å². The van der Waals surface area contributed by atoms with Crippen LogP contribution in [-0.4, -0.2) is 30.3 Å². The van der Waals surface area contributed by atoms with Crippen molar-refractivity contribution in [1.82, 2.24) is 4.90 Å². The Kier molecular flexibility index (Phi) is 4.40. The molecule has 0 saturated carbocycles. The predicted octanol–water partition coefficient (Wildman–Crippen LogP) is 4.33. The van der Waals surface area contributed by atoms with Gasteiger partial charge in [-0.2, -0.15) is 0 Å². The van der Waals surface area contributed by atoms with Gasteiger partial charge in [0.1, 0.15) is 12.2 Å². The van der Waals surface area contributed by atoms with E-state index >= 15 is 0 Å². The van der Waals surface area contributed by atoms with Gasteiger partial charge in [-0.25, -0.2) is 0 Å². The number of hydrogen-bond donors (Lipinski definition) is 0. The summed E-state index contributed by atoms with van der Waals surface area (Å²) in [6.07, 6.45) is 1.80. The second-order valence-corrected chi connectivity index (χ2v) is 6.74. The minimum absolute atomic E-state index is 0.0400. The summed E-state index contributed by atoms with van der Waals surface area (Å²) in [6.45, 7) is 5.40. The van der Waals surface area contributed by atoms with Gasteiger partial charge in [0.2, 0.25) is 0 Å². The van der Waals surface area contributed by atoms with E-state index in [1.165, 1.54) is 11.1 Å². The Labute approximate surface area is 144 Å². The smallest absolute Gasteiger partial charge is 0.172 e. The van der Waals surface area contributed by atoms with Crippen LogP contribution in [0.2, 0.25) is 0 Å². The molecule has 4 rings (SSSR count). The fraction of sp³-hybridized carbons (Fsp3) is 0.429. The molecule has 3 heteroatoms. The van der Waals surface area contributed by atoms with E-state index in [-0.39, 0.29) is 12.2 Å². The number of ether oxygens (including phenoxy) is 2. The third-order valence-electron chi connectivity index (χ3n) is 5.28. The van der Waals surface area contributed by atoms with Crippen molar-refractivity contribution in [2.24, 2.45) is 0 Å². The van der Waals surface area contributed by atoms with Gasteiger partial charge in [-0.3, -0.25) is 0 Å². The summed E-state index contributed by atoms with van der Waals surface area (Å²) in [4.78, 5) is 2.46. The summed E-state index contributed by atoms with van der Waals surface area (Å²) < 4.78 is 13.2. The van der Waals surface area contributed by atoms with Crippen molar-refractivity contribution in [3.8, 4) is 0 Å². The van der Waals surface area contributed by atoms with Crippen LogP contribution < -0.4 is 0 Å². The van der Waals surface area contributed by atoms with E-state index < -0.39 is 5.79 Å². The van der Waals surface area contributed by atoms with Crippen molar-refractivity contribution in [2.45, 2.75) is 37.8 Å². The second kappa shape index (κ2) is 6.67. The first-order chi connectivity index (χ1) is 11.8. The maximum atomic E-state index is 6.59. The largest absolute Gasteiger partial charge is 0.339 e.